The normalized spacial score (nSPS) is 25.6. The SMILES string of the molecule is CCCCCC/C=C/CC[C@H]1CC[C@H](C)N1. The Morgan fingerprint density at radius 2 is 1.88 bits per heavy atom. The second-order valence-electron chi connectivity index (χ2n) is 5.24. The van der Waals surface area contributed by atoms with E-state index in [-0.39, 0.29) is 0 Å². The van der Waals surface area contributed by atoms with Crippen molar-refractivity contribution in [1.29, 1.82) is 0 Å². The summed E-state index contributed by atoms with van der Waals surface area (Å²) in [6.45, 7) is 4.56. The van der Waals surface area contributed by atoms with Gasteiger partial charge in [0, 0.05) is 12.1 Å². The molecule has 94 valence electrons. The monoisotopic (exact) mass is 223 g/mol. The van der Waals surface area contributed by atoms with Crippen LogP contribution >= 0.6 is 0 Å². The molecule has 1 fully saturated rings. The molecule has 1 nitrogen and oxygen atoms in total. The fraction of sp³-hybridized carbons (Fsp3) is 0.867. The third-order valence-corrected chi connectivity index (χ3v) is 3.54. The average molecular weight is 223 g/mol. The molecule has 0 aromatic carbocycles. The van der Waals surface area contributed by atoms with Crippen molar-refractivity contribution in [1.82, 2.24) is 5.32 Å². The maximum Gasteiger partial charge on any atom is 0.00730 e. The molecular formula is C15H29N. The zero-order valence-corrected chi connectivity index (χ0v) is 11.2. The lowest BCUT2D eigenvalue weighted by Gasteiger charge is -2.09. The molecule has 0 aliphatic carbocycles. The highest BCUT2D eigenvalue weighted by atomic mass is 15.0. The number of nitrogens with one attached hydrogen (secondary N) is 1. The van der Waals surface area contributed by atoms with Crippen molar-refractivity contribution in [2.75, 3.05) is 0 Å². The average Bonchev–Trinajstić information content (AvgIpc) is 2.68. The van der Waals surface area contributed by atoms with E-state index >= 15 is 0 Å². The quantitative estimate of drug-likeness (QED) is 0.474. The minimum atomic E-state index is 0.753. The van der Waals surface area contributed by atoms with Gasteiger partial charge < -0.3 is 5.32 Å². The van der Waals surface area contributed by atoms with Gasteiger partial charge in [0.15, 0.2) is 0 Å². The van der Waals surface area contributed by atoms with E-state index < -0.39 is 0 Å². The van der Waals surface area contributed by atoms with Gasteiger partial charge in [-0.15, -0.1) is 0 Å². The standard InChI is InChI=1S/C15H29N/c1-3-4-5-6-7-8-9-10-11-15-13-12-14(2)16-15/h8-9,14-16H,3-7,10-13H2,1-2H3/b9-8+/t14-,15-/m0/s1. The molecule has 0 amide bonds. The summed E-state index contributed by atoms with van der Waals surface area (Å²) in [4.78, 5) is 0. The molecule has 1 N–H and O–H groups in total. The number of rotatable bonds is 8. The lowest BCUT2D eigenvalue weighted by atomic mass is 10.1. The van der Waals surface area contributed by atoms with Crippen LogP contribution in [0.3, 0.4) is 0 Å². The first-order valence-electron chi connectivity index (χ1n) is 7.24. The minimum absolute atomic E-state index is 0.753. The number of hydrogen-bond acceptors (Lipinski definition) is 1. The first-order chi connectivity index (χ1) is 7.83. The van der Waals surface area contributed by atoms with Gasteiger partial charge in [-0.2, -0.15) is 0 Å². The lowest BCUT2D eigenvalue weighted by molar-refractivity contribution is 0.531. The predicted molar refractivity (Wildman–Crippen MR) is 72.8 cm³/mol. The number of hydrogen-bond donors (Lipinski definition) is 1. The highest BCUT2D eigenvalue weighted by Gasteiger charge is 2.18. The van der Waals surface area contributed by atoms with E-state index in [1.165, 1.54) is 57.8 Å². The van der Waals surface area contributed by atoms with E-state index in [0.29, 0.717) is 0 Å². The Kier molecular flexibility index (Phi) is 7.58. The van der Waals surface area contributed by atoms with E-state index in [0.717, 1.165) is 12.1 Å². The van der Waals surface area contributed by atoms with E-state index in [4.69, 9.17) is 0 Å². The molecule has 16 heavy (non-hydrogen) atoms. The van der Waals surface area contributed by atoms with Crippen molar-refractivity contribution in [3.05, 3.63) is 12.2 Å². The first-order valence-corrected chi connectivity index (χ1v) is 7.24. The molecule has 1 rings (SSSR count). The lowest BCUT2D eigenvalue weighted by Crippen LogP contribution is -2.26. The predicted octanol–water partition coefficient (Wildman–Crippen LogP) is 4.43. The van der Waals surface area contributed by atoms with Crippen LogP contribution in [0.4, 0.5) is 0 Å². The fourth-order valence-electron chi connectivity index (χ4n) is 2.47. The summed E-state index contributed by atoms with van der Waals surface area (Å²) in [7, 11) is 0. The van der Waals surface area contributed by atoms with Crippen LogP contribution in [0.25, 0.3) is 0 Å². The summed E-state index contributed by atoms with van der Waals surface area (Å²) in [6.07, 6.45) is 16.9. The number of allylic oxidation sites excluding steroid dienone is 2. The van der Waals surface area contributed by atoms with Crippen LogP contribution in [0.15, 0.2) is 12.2 Å². The van der Waals surface area contributed by atoms with Gasteiger partial charge in [0.25, 0.3) is 0 Å². The fourth-order valence-corrected chi connectivity index (χ4v) is 2.47. The highest BCUT2D eigenvalue weighted by Crippen LogP contribution is 2.16. The van der Waals surface area contributed by atoms with E-state index in [1.54, 1.807) is 0 Å². The summed E-state index contributed by atoms with van der Waals surface area (Å²) in [5, 5.41) is 3.64. The molecule has 1 heterocycles. The Labute approximate surface area is 102 Å². The minimum Gasteiger partial charge on any atom is -0.311 e. The van der Waals surface area contributed by atoms with Crippen LogP contribution in [-0.4, -0.2) is 12.1 Å². The molecule has 0 aromatic rings. The Morgan fingerprint density at radius 1 is 1.06 bits per heavy atom. The zero-order chi connectivity index (χ0) is 11.6. The van der Waals surface area contributed by atoms with Gasteiger partial charge in [0.1, 0.15) is 0 Å². The van der Waals surface area contributed by atoms with Crippen LogP contribution in [0.1, 0.15) is 71.6 Å². The topological polar surface area (TPSA) is 12.0 Å². The third kappa shape index (κ3) is 6.32. The molecule has 1 heteroatoms. The van der Waals surface area contributed by atoms with Crippen molar-refractivity contribution in [3.8, 4) is 0 Å². The first kappa shape index (κ1) is 13.8. The Morgan fingerprint density at radius 3 is 2.56 bits per heavy atom. The maximum absolute atomic E-state index is 3.64. The molecule has 0 radical (unpaired) electrons. The Balaban J connectivity index is 1.88. The van der Waals surface area contributed by atoms with E-state index in [2.05, 4.69) is 31.3 Å². The summed E-state index contributed by atoms with van der Waals surface area (Å²) >= 11 is 0. The summed E-state index contributed by atoms with van der Waals surface area (Å²) < 4.78 is 0. The molecule has 0 spiro atoms. The van der Waals surface area contributed by atoms with Crippen LogP contribution < -0.4 is 5.32 Å². The third-order valence-electron chi connectivity index (χ3n) is 3.54. The van der Waals surface area contributed by atoms with Crippen molar-refractivity contribution in [2.45, 2.75) is 83.7 Å². The summed E-state index contributed by atoms with van der Waals surface area (Å²) in [6, 6.07) is 1.54. The van der Waals surface area contributed by atoms with Gasteiger partial charge in [-0.05, 0) is 45.4 Å². The van der Waals surface area contributed by atoms with Crippen molar-refractivity contribution in [2.24, 2.45) is 0 Å². The smallest absolute Gasteiger partial charge is 0.00730 e. The molecule has 1 aliphatic heterocycles. The van der Waals surface area contributed by atoms with Gasteiger partial charge >= 0.3 is 0 Å². The van der Waals surface area contributed by atoms with Crippen LogP contribution in [-0.2, 0) is 0 Å². The molecule has 0 unspecified atom stereocenters. The molecule has 1 aliphatic rings. The van der Waals surface area contributed by atoms with Crippen LogP contribution in [0, 0.1) is 0 Å². The van der Waals surface area contributed by atoms with E-state index in [1.807, 2.05) is 0 Å². The van der Waals surface area contributed by atoms with Crippen molar-refractivity contribution < 1.29 is 0 Å². The molecule has 2 atom stereocenters. The molecule has 0 bridgehead atoms. The summed E-state index contributed by atoms with van der Waals surface area (Å²) in [5.41, 5.74) is 0. The molecule has 1 saturated heterocycles. The molecule has 0 aromatic heterocycles. The van der Waals surface area contributed by atoms with Gasteiger partial charge in [0.05, 0.1) is 0 Å². The molecular weight excluding hydrogens is 194 g/mol. The van der Waals surface area contributed by atoms with Gasteiger partial charge in [-0.1, -0.05) is 38.3 Å². The highest BCUT2D eigenvalue weighted by molar-refractivity contribution is 4.86. The maximum atomic E-state index is 3.64. The summed E-state index contributed by atoms with van der Waals surface area (Å²) in [5.74, 6) is 0. The Bertz CT molecular complexity index is 186. The van der Waals surface area contributed by atoms with Crippen LogP contribution in [0.2, 0.25) is 0 Å². The second kappa shape index (κ2) is 8.81. The van der Waals surface area contributed by atoms with Crippen LogP contribution in [0.5, 0.6) is 0 Å². The van der Waals surface area contributed by atoms with Crippen molar-refractivity contribution in [3.63, 3.8) is 0 Å². The van der Waals surface area contributed by atoms with Gasteiger partial charge in [0.2, 0.25) is 0 Å². The molecule has 0 saturated carbocycles. The second-order valence-corrected chi connectivity index (χ2v) is 5.24. The van der Waals surface area contributed by atoms with Gasteiger partial charge in [-0.25, -0.2) is 0 Å². The largest absolute Gasteiger partial charge is 0.311 e. The van der Waals surface area contributed by atoms with E-state index in [9.17, 15) is 0 Å². The van der Waals surface area contributed by atoms with Crippen molar-refractivity contribution >= 4 is 0 Å². The van der Waals surface area contributed by atoms with Gasteiger partial charge in [-0.3, -0.25) is 0 Å². The zero-order valence-electron chi connectivity index (χ0n) is 11.2. The Hall–Kier alpha value is -0.300. The number of unbranched alkanes of at least 4 members (excludes halogenated alkanes) is 4.